The first kappa shape index (κ1) is 27.1. The van der Waals surface area contributed by atoms with Crippen molar-refractivity contribution in [2.45, 2.75) is 60.0 Å². The molecule has 1 heterocycles. The number of benzene rings is 1. The summed E-state index contributed by atoms with van der Waals surface area (Å²) >= 11 is 0. The summed E-state index contributed by atoms with van der Waals surface area (Å²) < 4.78 is 26.6. The van der Waals surface area contributed by atoms with E-state index in [0.29, 0.717) is 45.6 Å². The molecule has 0 bridgehead atoms. The van der Waals surface area contributed by atoms with Crippen LogP contribution in [-0.2, 0) is 21.4 Å². The molecular weight excluding hydrogens is 440 g/mol. The summed E-state index contributed by atoms with van der Waals surface area (Å²) in [6, 6.07) is 7.92. The highest BCUT2D eigenvalue weighted by Crippen LogP contribution is 2.21. The Morgan fingerprint density at radius 2 is 1.73 bits per heavy atom. The van der Waals surface area contributed by atoms with Crippen LogP contribution in [0.25, 0.3) is 0 Å². The van der Waals surface area contributed by atoms with Gasteiger partial charge in [0, 0.05) is 38.8 Å². The normalized spacial score (nSPS) is 15.2. The molecule has 1 N–H and O–H groups in total. The number of sulfonamides is 1. The molecule has 1 aromatic rings. The van der Waals surface area contributed by atoms with E-state index in [0.717, 1.165) is 11.1 Å². The SMILES string of the molecule is CCNC(=O)N1CCC(N(Cc2ccc(C)cc2)C(=O)CN(CC(C)C)S(=O)(=O)CC)CC1. The lowest BCUT2D eigenvalue weighted by atomic mass is 10.0. The molecule has 0 spiro atoms. The molecule has 9 heteroatoms. The Labute approximate surface area is 199 Å². The van der Waals surface area contributed by atoms with E-state index in [1.54, 1.807) is 11.8 Å². The molecule has 1 aromatic carbocycles. The predicted molar refractivity (Wildman–Crippen MR) is 131 cm³/mol. The van der Waals surface area contributed by atoms with Crippen molar-refractivity contribution in [3.63, 3.8) is 0 Å². The van der Waals surface area contributed by atoms with Gasteiger partial charge in [0.2, 0.25) is 15.9 Å². The van der Waals surface area contributed by atoms with E-state index in [2.05, 4.69) is 5.32 Å². The Morgan fingerprint density at radius 3 is 2.24 bits per heavy atom. The van der Waals surface area contributed by atoms with Gasteiger partial charge in [-0.2, -0.15) is 4.31 Å². The summed E-state index contributed by atoms with van der Waals surface area (Å²) in [5, 5.41) is 2.83. The van der Waals surface area contributed by atoms with E-state index < -0.39 is 10.0 Å². The van der Waals surface area contributed by atoms with Crippen LogP contribution in [-0.4, -0.2) is 79.0 Å². The van der Waals surface area contributed by atoms with Crippen molar-refractivity contribution in [1.82, 2.24) is 19.4 Å². The third-order valence-electron chi connectivity index (χ3n) is 5.95. The zero-order chi connectivity index (χ0) is 24.6. The number of nitrogens with one attached hydrogen (secondary N) is 1. The number of rotatable bonds is 10. The quantitative estimate of drug-likeness (QED) is 0.558. The van der Waals surface area contributed by atoms with E-state index in [4.69, 9.17) is 0 Å². The van der Waals surface area contributed by atoms with Gasteiger partial charge in [-0.15, -0.1) is 0 Å². The smallest absolute Gasteiger partial charge is 0.317 e. The number of hydrogen-bond donors (Lipinski definition) is 1. The molecule has 0 radical (unpaired) electrons. The minimum Gasteiger partial charge on any atom is -0.338 e. The first-order valence-electron chi connectivity index (χ1n) is 11.9. The molecule has 2 rings (SSSR count). The largest absolute Gasteiger partial charge is 0.338 e. The maximum Gasteiger partial charge on any atom is 0.317 e. The van der Waals surface area contributed by atoms with Crippen LogP contribution in [0.1, 0.15) is 51.7 Å². The molecule has 0 unspecified atom stereocenters. The summed E-state index contributed by atoms with van der Waals surface area (Å²) in [5.74, 6) is -0.106. The molecule has 8 nitrogen and oxygen atoms in total. The maximum atomic E-state index is 13.5. The van der Waals surface area contributed by atoms with Crippen molar-refractivity contribution < 1.29 is 18.0 Å². The maximum absolute atomic E-state index is 13.5. The Kier molecular flexibility index (Phi) is 10.2. The number of piperidine rings is 1. The van der Waals surface area contributed by atoms with E-state index in [1.807, 2.05) is 56.9 Å². The van der Waals surface area contributed by atoms with E-state index in [9.17, 15) is 18.0 Å². The molecule has 186 valence electrons. The summed E-state index contributed by atoms with van der Waals surface area (Å²) in [4.78, 5) is 29.3. The fourth-order valence-corrected chi connectivity index (χ4v) is 5.26. The van der Waals surface area contributed by atoms with Gasteiger partial charge in [-0.1, -0.05) is 43.7 Å². The van der Waals surface area contributed by atoms with Crippen LogP contribution in [0.2, 0.25) is 0 Å². The highest BCUT2D eigenvalue weighted by molar-refractivity contribution is 7.89. The van der Waals surface area contributed by atoms with Crippen LogP contribution in [0.15, 0.2) is 24.3 Å². The first-order valence-corrected chi connectivity index (χ1v) is 13.5. The van der Waals surface area contributed by atoms with Crippen molar-refractivity contribution in [3.05, 3.63) is 35.4 Å². The van der Waals surface area contributed by atoms with Crippen LogP contribution in [0.5, 0.6) is 0 Å². The number of nitrogens with zero attached hydrogens (tertiary/aromatic N) is 3. The molecule has 33 heavy (non-hydrogen) atoms. The highest BCUT2D eigenvalue weighted by Gasteiger charge is 2.32. The van der Waals surface area contributed by atoms with E-state index in [-0.39, 0.29) is 36.2 Å². The topological polar surface area (TPSA) is 90.0 Å². The Balaban J connectivity index is 2.22. The molecule has 0 aliphatic carbocycles. The molecule has 0 atom stereocenters. The summed E-state index contributed by atoms with van der Waals surface area (Å²) in [5.41, 5.74) is 2.15. The molecule has 1 fully saturated rings. The summed E-state index contributed by atoms with van der Waals surface area (Å²) in [7, 11) is -3.49. The number of hydrogen-bond acceptors (Lipinski definition) is 4. The van der Waals surface area contributed by atoms with Crippen molar-refractivity contribution in [2.75, 3.05) is 38.5 Å². The van der Waals surface area contributed by atoms with Gasteiger partial charge in [0.15, 0.2) is 0 Å². The van der Waals surface area contributed by atoms with Crippen LogP contribution in [0.4, 0.5) is 4.79 Å². The third-order valence-corrected chi connectivity index (χ3v) is 7.75. The summed E-state index contributed by atoms with van der Waals surface area (Å²) in [6.45, 7) is 11.7. The predicted octanol–water partition coefficient (Wildman–Crippen LogP) is 2.83. The lowest BCUT2D eigenvalue weighted by Gasteiger charge is -2.39. The fraction of sp³-hybridized carbons (Fsp3) is 0.667. The molecule has 0 saturated carbocycles. The lowest BCUT2D eigenvalue weighted by molar-refractivity contribution is -0.135. The first-order chi connectivity index (χ1) is 15.6. The van der Waals surface area contributed by atoms with Gasteiger partial charge in [-0.05, 0) is 45.1 Å². The Hall–Kier alpha value is -2.13. The van der Waals surface area contributed by atoms with Crippen molar-refractivity contribution in [3.8, 4) is 0 Å². The Bertz CT molecular complexity index is 878. The zero-order valence-electron chi connectivity index (χ0n) is 20.7. The van der Waals surface area contributed by atoms with Crippen LogP contribution in [0.3, 0.4) is 0 Å². The second kappa shape index (κ2) is 12.4. The second-order valence-electron chi connectivity index (χ2n) is 9.15. The monoisotopic (exact) mass is 480 g/mol. The number of amides is 3. The van der Waals surface area contributed by atoms with Crippen molar-refractivity contribution in [1.29, 1.82) is 0 Å². The Morgan fingerprint density at radius 1 is 1.12 bits per heavy atom. The van der Waals surface area contributed by atoms with E-state index in [1.165, 1.54) is 4.31 Å². The van der Waals surface area contributed by atoms with Gasteiger partial charge in [-0.3, -0.25) is 4.79 Å². The molecule has 1 aliphatic rings. The molecular formula is C24H40N4O4S. The van der Waals surface area contributed by atoms with Gasteiger partial charge in [0.25, 0.3) is 0 Å². The van der Waals surface area contributed by atoms with Crippen LogP contribution < -0.4 is 5.32 Å². The average molecular weight is 481 g/mol. The van der Waals surface area contributed by atoms with Gasteiger partial charge in [0.1, 0.15) is 0 Å². The minimum atomic E-state index is -3.49. The standard InChI is InChI=1S/C24H40N4O4S/c1-6-25-24(30)26-14-12-22(13-15-26)28(17-21-10-8-20(5)9-11-21)23(29)18-27(16-19(3)4)33(31,32)7-2/h8-11,19,22H,6-7,12-18H2,1-5H3,(H,25,30). The second-order valence-corrected chi connectivity index (χ2v) is 11.4. The van der Waals surface area contributed by atoms with Crippen molar-refractivity contribution >= 4 is 22.0 Å². The van der Waals surface area contributed by atoms with Crippen LogP contribution >= 0.6 is 0 Å². The van der Waals surface area contributed by atoms with Gasteiger partial charge in [-0.25, -0.2) is 13.2 Å². The fourth-order valence-electron chi connectivity index (χ4n) is 4.06. The number of likely N-dealkylation sites (tertiary alicyclic amines) is 1. The number of aryl methyl sites for hydroxylation is 1. The molecule has 0 aromatic heterocycles. The van der Waals surface area contributed by atoms with Gasteiger partial charge >= 0.3 is 6.03 Å². The van der Waals surface area contributed by atoms with Crippen molar-refractivity contribution in [2.24, 2.45) is 5.92 Å². The third kappa shape index (κ3) is 7.99. The molecule has 1 aliphatic heterocycles. The van der Waals surface area contributed by atoms with E-state index >= 15 is 0 Å². The minimum absolute atomic E-state index is 0.0319. The highest BCUT2D eigenvalue weighted by atomic mass is 32.2. The molecule has 3 amide bonds. The zero-order valence-corrected chi connectivity index (χ0v) is 21.5. The molecule has 1 saturated heterocycles. The average Bonchev–Trinajstić information content (AvgIpc) is 2.78. The number of urea groups is 1. The van der Waals surface area contributed by atoms with Crippen LogP contribution in [0, 0.1) is 12.8 Å². The van der Waals surface area contributed by atoms with Gasteiger partial charge in [0.05, 0.1) is 12.3 Å². The lowest BCUT2D eigenvalue weighted by Crippen LogP contribution is -2.53. The number of carbonyl (C=O) groups is 2. The summed E-state index contributed by atoms with van der Waals surface area (Å²) in [6.07, 6.45) is 1.33. The van der Waals surface area contributed by atoms with Gasteiger partial charge < -0.3 is 15.1 Å². The number of carbonyl (C=O) groups excluding carboxylic acids is 2.